The molecule has 4 aromatic rings. The number of para-hydroxylation sites is 1. The van der Waals surface area contributed by atoms with Gasteiger partial charge in [0.2, 0.25) is 5.88 Å². The van der Waals surface area contributed by atoms with Gasteiger partial charge in [-0.25, -0.2) is 0 Å². The van der Waals surface area contributed by atoms with Gasteiger partial charge in [-0.05, 0) is 73.7 Å². The third-order valence-electron chi connectivity index (χ3n) is 4.39. The molecule has 4 rings (SSSR count). The third kappa shape index (κ3) is 3.42. The van der Waals surface area contributed by atoms with Crippen LogP contribution in [0.5, 0.6) is 17.4 Å². The largest absolute Gasteiger partial charge is 0.493 e. The van der Waals surface area contributed by atoms with Crippen molar-refractivity contribution in [3.05, 3.63) is 94.4 Å². The molecule has 0 atom stereocenters. The second kappa shape index (κ2) is 7.54. The van der Waals surface area contributed by atoms with Crippen LogP contribution in [-0.2, 0) is 0 Å². The fourth-order valence-corrected chi connectivity index (χ4v) is 3.65. The molecule has 0 aliphatic carbocycles. The summed E-state index contributed by atoms with van der Waals surface area (Å²) in [6, 6.07) is 24.3. The highest BCUT2D eigenvalue weighted by Gasteiger charge is 2.16. The van der Waals surface area contributed by atoms with Crippen LogP contribution in [0.3, 0.4) is 0 Å². The quantitative estimate of drug-likeness (QED) is 0.394. The Morgan fingerprint density at radius 2 is 1.50 bits per heavy atom. The first-order chi connectivity index (χ1) is 13.5. The summed E-state index contributed by atoms with van der Waals surface area (Å²) in [6.45, 7) is 1.83. The summed E-state index contributed by atoms with van der Waals surface area (Å²) >= 11 is 11.6. The van der Waals surface area contributed by atoms with Crippen molar-refractivity contribution in [1.29, 1.82) is 0 Å². The van der Waals surface area contributed by atoms with E-state index in [4.69, 9.17) is 28.6 Å². The first-order valence-corrected chi connectivity index (χ1v) is 9.46. The first kappa shape index (κ1) is 18.3. The molecule has 0 bridgehead atoms. The minimum Gasteiger partial charge on any atom is -0.493 e. The predicted molar refractivity (Wildman–Crippen MR) is 114 cm³/mol. The molecule has 140 valence electrons. The first-order valence-electron chi connectivity index (χ1n) is 8.67. The van der Waals surface area contributed by atoms with Crippen LogP contribution < -0.4 is 4.74 Å². The van der Waals surface area contributed by atoms with E-state index in [1.54, 1.807) is 16.7 Å². The zero-order valence-corrected chi connectivity index (χ0v) is 16.6. The number of nitrogens with zero attached hydrogens (tertiary/aromatic N) is 2. The Morgan fingerprint density at radius 1 is 0.821 bits per heavy atom. The molecule has 28 heavy (non-hydrogen) atoms. The zero-order valence-electron chi connectivity index (χ0n) is 15.0. The lowest BCUT2D eigenvalue weighted by Gasteiger charge is -2.09. The topological polar surface area (TPSA) is 39.3 Å². The van der Waals surface area contributed by atoms with Gasteiger partial charge in [0.25, 0.3) is 0 Å². The molecular weight excluding hydrogens is 392 g/mol. The highest BCUT2D eigenvalue weighted by atomic mass is 35.5. The molecule has 3 aromatic carbocycles. The van der Waals surface area contributed by atoms with Crippen LogP contribution in [0, 0.1) is 11.7 Å². The van der Waals surface area contributed by atoms with Gasteiger partial charge in [-0.3, -0.25) is 9.13 Å². The monoisotopic (exact) mass is 408 g/mol. The van der Waals surface area contributed by atoms with Crippen molar-refractivity contribution in [2.75, 3.05) is 0 Å². The van der Waals surface area contributed by atoms with E-state index >= 15 is 0 Å². The molecule has 0 saturated carbocycles. The molecule has 0 aliphatic heterocycles. The van der Waals surface area contributed by atoms with Crippen molar-refractivity contribution in [3.63, 3.8) is 0 Å². The number of hydrogen-bond donors (Lipinski definition) is 1. The molecule has 1 N–H and O–H groups in total. The Balaban J connectivity index is 1.69. The molecule has 0 amide bonds. The van der Waals surface area contributed by atoms with Crippen molar-refractivity contribution in [3.8, 4) is 28.8 Å². The third-order valence-corrected chi connectivity index (χ3v) is 4.99. The number of aromatic nitrogens is 2. The molecule has 4 nitrogen and oxygen atoms in total. The molecule has 0 aliphatic rings. The van der Waals surface area contributed by atoms with E-state index in [9.17, 15) is 5.11 Å². The zero-order chi connectivity index (χ0) is 19.7. The number of hydrogen-bond acceptors (Lipinski definition) is 3. The Morgan fingerprint density at radius 3 is 2.18 bits per heavy atom. The van der Waals surface area contributed by atoms with Gasteiger partial charge in [-0.1, -0.05) is 35.9 Å². The lowest BCUT2D eigenvalue weighted by molar-refractivity contribution is 0.437. The summed E-state index contributed by atoms with van der Waals surface area (Å²) in [5, 5.41) is 11.2. The number of rotatable bonds is 4. The minimum atomic E-state index is 0.121. The molecule has 0 unspecified atom stereocenters. The summed E-state index contributed by atoms with van der Waals surface area (Å²) in [6.07, 6.45) is 0. The molecule has 0 radical (unpaired) electrons. The maximum Gasteiger partial charge on any atom is 0.218 e. The van der Waals surface area contributed by atoms with Gasteiger partial charge < -0.3 is 9.84 Å². The molecule has 6 heteroatoms. The van der Waals surface area contributed by atoms with Crippen LogP contribution in [0.4, 0.5) is 0 Å². The molecule has 1 heterocycles. The van der Waals surface area contributed by atoms with Crippen LogP contribution >= 0.6 is 23.8 Å². The predicted octanol–water partition coefficient (Wildman–Crippen LogP) is 6.46. The molecule has 0 spiro atoms. The van der Waals surface area contributed by atoms with Gasteiger partial charge in [-0.15, -0.1) is 0 Å². The Bertz CT molecular complexity index is 1180. The van der Waals surface area contributed by atoms with Gasteiger partial charge in [-0.2, -0.15) is 0 Å². The lowest BCUT2D eigenvalue weighted by atomic mass is 10.3. The average Bonchev–Trinajstić information content (AvgIpc) is 2.92. The fourth-order valence-electron chi connectivity index (χ4n) is 3.04. The fraction of sp³-hybridized carbons (Fsp3) is 0.0455. The number of halogens is 1. The molecule has 0 saturated heterocycles. The SMILES string of the molecule is Cc1c(O)n(-c2ccccc2)c(=S)n1-c1ccc(Oc2cccc(Cl)c2)cc1. The number of ether oxygens (including phenoxy) is 1. The normalized spacial score (nSPS) is 10.8. The summed E-state index contributed by atoms with van der Waals surface area (Å²) in [5.74, 6) is 1.47. The van der Waals surface area contributed by atoms with Crippen LogP contribution in [0.1, 0.15) is 5.69 Å². The Hall–Kier alpha value is -3.02. The van der Waals surface area contributed by atoms with Crippen molar-refractivity contribution < 1.29 is 9.84 Å². The van der Waals surface area contributed by atoms with E-state index in [2.05, 4.69) is 0 Å². The van der Waals surface area contributed by atoms with Crippen molar-refractivity contribution >= 4 is 23.8 Å². The summed E-state index contributed by atoms with van der Waals surface area (Å²) in [5.41, 5.74) is 2.32. The summed E-state index contributed by atoms with van der Waals surface area (Å²) < 4.78 is 9.81. The maximum atomic E-state index is 10.6. The van der Waals surface area contributed by atoms with E-state index in [1.165, 1.54) is 0 Å². The summed E-state index contributed by atoms with van der Waals surface area (Å²) in [4.78, 5) is 0. The number of imidazole rings is 1. The Labute approximate surface area is 172 Å². The van der Waals surface area contributed by atoms with E-state index in [0.29, 0.717) is 27.0 Å². The van der Waals surface area contributed by atoms with Gasteiger partial charge in [0.1, 0.15) is 11.5 Å². The number of benzene rings is 3. The van der Waals surface area contributed by atoms with Crippen LogP contribution in [0.15, 0.2) is 78.9 Å². The minimum absolute atomic E-state index is 0.121. The average molecular weight is 409 g/mol. The van der Waals surface area contributed by atoms with E-state index in [0.717, 1.165) is 11.4 Å². The maximum absolute atomic E-state index is 10.6. The van der Waals surface area contributed by atoms with E-state index < -0.39 is 0 Å². The van der Waals surface area contributed by atoms with Gasteiger partial charge >= 0.3 is 0 Å². The number of aromatic hydroxyl groups is 1. The molecular formula is C22H17ClN2O2S. The van der Waals surface area contributed by atoms with Crippen LogP contribution in [-0.4, -0.2) is 14.2 Å². The molecule has 1 aromatic heterocycles. The van der Waals surface area contributed by atoms with Gasteiger partial charge in [0, 0.05) is 10.7 Å². The highest BCUT2D eigenvalue weighted by Crippen LogP contribution is 2.29. The standard InChI is InChI=1S/C22H17ClN2O2S/c1-15-21(26)25(17-7-3-2-4-8-17)22(28)24(15)18-10-12-19(13-11-18)27-20-9-5-6-16(23)14-20/h2-14,26H,1H3. The summed E-state index contributed by atoms with van der Waals surface area (Å²) in [7, 11) is 0. The smallest absolute Gasteiger partial charge is 0.218 e. The van der Waals surface area contributed by atoms with Crippen molar-refractivity contribution in [1.82, 2.24) is 9.13 Å². The van der Waals surface area contributed by atoms with E-state index in [-0.39, 0.29) is 5.88 Å². The Kier molecular flexibility index (Phi) is 4.94. The van der Waals surface area contributed by atoms with Crippen LogP contribution in [0.2, 0.25) is 5.02 Å². The lowest BCUT2D eigenvalue weighted by Crippen LogP contribution is -1.99. The van der Waals surface area contributed by atoms with Crippen molar-refractivity contribution in [2.45, 2.75) is 6.92 Å². The van der Waals surface area contributed by atoms with Gasteiger partial charge in [0.15, 0.2) is 4.77 Å². The van der Waals surface area contributed by atoms with Crippen LogP contribution in [0.25, 0.3) is 11.4 Å². The van der Waals surface area contributed by atoms with Crippen molar-refractivity contribution in [2.24, 2.45) is 0 Å². The molecule has 0 fully saturated rings. The highest BCUT2D eigenvalue weighted by molar-refractivity contribution is 7.71. The van der Waals surface area contributed by atoms with Gasteiger partial charge in [0.05, 0.1) is 11.4 Å². The second-order valence-corrected chi connectivity index (χ2v) is 7.05. The van der Waals surface area contributed by atoms with E-state index in [1.807, 2.05) is 78.2 Å². The second-order valence-electron chi connectivity index (χ2n) is 6.25.